The second kappa shape index (κ2) is 5.36. The number of hydrogen-bond acceptors (Lipinski definition) is 3. The zero-order valence-electron chi connectivity index (χ0n) is 10.2. The van der Waals surface area contributed by atoms with E-state index in [9.17, 15) is 5.26 Å². The zero-order valence-corrected chi connectivity index (χ0v) is 12.3. The molecule has 0 aliphatic carbocycles. The summed E-state index contributed by atoms with van der Waals surface area (Å²) in [6.45, 7) is 3.85. The van der Waals surface area contributed by atoms with E-state index in [4.69, 9.17) is 0 Å². The lowest BCUT2D eigenvalue weighted by Gasteiger charge is -2.10. The maximum Gasteiger partial charge on any atom is 0.148 e. The summed E-state index contributed by atoms with van der Waals surface area (Å²) in [5.41, 5.74) is 3.38. The average molecular weight is 349 g/mol. The number of aromatic nitrogens is 1. The molecule has 1 aromatic carbocycles. The zero-order chi connectivity index (χ0) is 13.1. The molecule has 0 atom stereocenters. The highest BCUT2D eigenvalue weighted by Crippen LogP contribution is 2.22. The van der Waals surface area contributed by atoms with Gasteiger partial charge in [-0.25, -0.2) is 4.98 Å². The van der Waals surface area contributed by atoms with Gasteiger partial charge >= 0.3 is 0 Å². The van der Waals surface area contributed by atoms with E-state index in [1.54, 1.807) is 0 Å². The molecule has 1 N–H and O–H groups in total. The van der Waals surface area contributed by atoms with Crippen molar-refractivity contribution < 1.29 is 0 Å². The van der Waals surface area contributed by atoms with Crippen LogP contribution >= 0.6 is 22.6 Å². The van der Waals surface area contributed by atoms with Crippen LogP contribution in [0.25, 0.3) is 0 Å². The van der Waals surface area contributed by atoms with Gasteiger partial charge in [-0.05, 0) is 66.3 Å². The molecule has 2 aromatic rings. The molecule has 2 rings (SSSR count). The summed E-state index contributed by atoms with van der Waals surface area (Å²) in [6, 6.07) is 12.1. The van der Waals surface area contributed by atoms with Crippen molar-refractivity contribution in [2.45, 2.75) is 13.8 Å². The Balaban J connectivity index is 2.43. The van der Waals surface area contributed by atoms with Crippen molar-refractivity contribution in [1.82, 2.24) is 4.98 Å². The molecule has 3 nitrogen and oxygen atoms in total. The Hall–Kier alpha value is -1.61. The maximum atomic E-state index is 9.19. The van der Waals surface area contributed by atoms with Crippen molar-refractivity contribution in [3.05, 3.63) is 50.7 Å². The first-order valence-electron chi connectivity index (χ1n) is 5.51. The minimum Gasteiger partial charge on any atom is -0.339 e. The summed E-state index contributed by atoms with van der Waals surface area (Å²) in [5, 5.41) is 12.4. The van der Waals surface area contributed by atoms with Crippen LogP contribution in [0.15, 0.2) is 30.3 Å². The molecular formula is C14H12IN3. The first kappa shape index (κ1) is 12.8. The van der Waals surface area contributed by atoms with Gasteiger partial charge in [-0.15, -0.1) is 0 Å². The lowest BCUT2D eigenvalue weighted by atomic mass is 10.1. The fourth-order valence-electron chi connectivity index (χ4n) is 1.77. The number of anilines is 2. The summed E-state index contributed by atoms with van der Waals surface area (Å²) in [6.07, 6.45) is 0. The van der Waals surface area contributed by atoms with Crippen LogP contribution in [0.2, 0.25) is 0 Å². The molecule has 0 radical (unpaired) electrons. The largest absolute Gasteiger partial charge is 0.339 e. The summed E-state index contributed by atoms with van der Waals surface area (Å²) in [7, 11) is 0. The molecule has 1 aromatic heterocycles. The average Bonchev–Trinajstić information content (AvgIpc) is 2.28. The Kier molecular flexibility index (Phi) is 3.82. The van der Waals surface area contributed by atoms with Gasteiger partial charge in [-0.2, -0.15) is 5.26 Å². The van der Waals surface area contributed by atoms with Crippen LogP contribution in [-0.4, -0.2) is 4.98 Å². The van der Waals surface area contributed by atoms with Crippen molar-refractivity contribution in [2.75, 3.05) is 5.32 Å². The van der Waals surface area contributed by atoms with Crippen molar-refractivity contribution >= 4 is 34.1 Å². The van der Waals surface area contributed by atoms with Crippen LogP contribution in [0.4, 0.5) is 11.5 Å². The monoisotopic (exact) mass is 349 g/mol. The highest BCUT2D eigenvalue weighted by atomic mass is 127. The molecular weight excluding hydrogens is 337 g/mol. The Bertz CT molecular complexity index is 629. The number of benzene rings is 1. The van der Waals surface area contributed by atoms with Gasteiger partial charge in [0.15, 0.2) is 0 Å². The summed E-state index contributed by atoms with van der Waals surface area (Å²) in [5.74, 6) is 0.622. The normalized spacial score (nSPS) is 9.89. The predicted octanol–water partition coefficient (Wildman–Crippen LogP) is 3.92. The molecule has 18 heavy (non-hydrogen) atoms. The predicted molar refractivity (Wildman–Crippen MR) is 80.9 cm³/mol. The minimum absolute atomic E-state index is 0.597. The molecule has 0 unspecified atom stereocenters. The summed E-state index contributed by atoms with van der Waals surface area (Å²) in [4.78, 5) is 4.39. The van der Waals surface area contributed by atoms with Crippen LogP contribution in [0.1, 0.15) is 16.8 Å². The molecule has 0 saturated heterocycles. The Morgan fingerprint density at radius 3 is 2.72 bits per heavy atom. The van der Waals surface area contributed by atoms with Gasteiger partial charge in [0.2, 0.25) is 0 Å². The molecule has 0 bridgehead atoms. The SMILES string of the molecule is Cc1cc(C)c(C#N)c(Nc2cccc(I)c2)n1. The molecule has 0 aliphatic heterocycles. The van der Waals surface area contributed by atoms with E-state index in [2.05, 4.69) is 39.0 Å². The highest BCUT2D eigenvalue weighted by Gasteiger charge is 2.08. The molecule has 0 saturated carbocycles. The van der Waals surface area contributed by atoms with Gasteiger partial charge in [0, 0.05) is 15.0 Å². The van der Waals surface area contributed by atoms with Crippen molar-refractivity contribution in [1.29, 1.82) is 5.26 Å². The number of hydrogen-bond donors (Lipinski definition) is 1. The first-order valence-corrected chi connectivity index (χ1v) is 6.59. The van der Waals surface area contributed by atoms with Crippen LogP contribution in [0.3, 0.4) is 0 Å². The number of nitrogens with zero attached hydrogens (tertiary/aromatic N) is 2. The number of nitriles is 1. The maximum absolute atomic E-state index is 9.19. The third-order valence-electron chi connectivity index (χ3n) is 2.54. The molecule has 1 heterocycles. The van der Waals surface area contributed by atoms with Gasteiger partial charge in [0.25, 0.3) is 0 Å². The van der Waals surface area contributed by atoms with Crippen molar-refractivity contribution in [3.63, 3.8) is 0 Å². The first-order chi connectivity index (χ1) is 8.60. The Labute approximate surface area is 120 Å². The smallest absolute Gasteiger partial charge is 0.148 e. The highest BCUT2D eigenvalue weighted by molar-refractivity contribution is 14.1. The Morgan fingerprint density at radius 2 is 2.06 bits per heavy atom. The van der Waals surface area contributed by atoms with E-state index < -0.39 is 0 Å². The van der Waals surface area contributed by atoms with Gasteiger partial charge in [0.05, 0.1) is 5.56 Å². The number of pyridine rings is 1. The second-order valence-corrected chi connectivity index (χ2v) is 5.30. The molecule has 4 heteroatoms. The van der Waals surface area contributed by atoms with Crippen molar-refractivity contribution in [2.24, 2.45) is 0 Å². The molecule has 0 amide bonds. The van der Waals surface area contributed by atoms with Gasteiger partial charge < -0.3 is 5.32 Å². The molecule has 0 aliphatic rings. The fourth-order valence-corrected chi connectivity index (χ4v) is 2.31. The van der Waals surface area contributed by atoms with Gasteiger partial charge in [-0.1, -0.05) is 6.07 Å². The molecule has 0 spiro atoms. The summed E-state index contributed by atoms with van der Waals surface area (Å²) < 4.78 is 1.14. The van der Waals surface area contributed by atoms with E-state index in [0.29, 0.717) is 11.4 Å². The third-order valence-corrected chi connectivity index (χ3v) is 3.21. The number of halogens is 1. The van der Waals surface area contributed by atoms with Crippen LogP contribution in [0, 0.1) is 28.7 Å². The van der Waals surface area contributed by atoms with Gasteiger partial charge in [-0.3, -0.25) is 0 Å². The van der Waals surface area contributed by atoms with Crippen LogP contribution < -0.4 is 5.32 Å². The molecule has 0 fully saturated rings. The van der Waals surface area contributed by atoms with E-state index in [1.807, 2.05) is 44.2 Å². The minimum atomic E-state index is 0.597. The van der Waals surface area contributed by atoms with E-state index >= 15 is 0 Å². The fraction of sp³-hybridized carbons (Fsp3) is 0.143. The lowest BCUT2D eigenvalue weighted by molar-refractivity contribution is 1.16. The third kappa shape index (κ3) is 2.79. The van der Waals surface area contributed by atoms with Gasteiger partial charge in [0.1, 0.15) is 11.9 Å². The number of rotatable bonds is 2. The van der Waals surface area contributed by atoms with E-state index in [-0.39, 0.29) is 0 Å². The molecule has 90 valence electrons. The number of aryl methyl sites for hydroxylation is 2. The standard InChI is InChI=1S/C14H12IN3/c1-9-6-10(2)17-14(13(9)8-16)18-12-5-3-4-11(15)7-12/h3-7H,1-2H3,(H,17,18). The second-order valence-electron chi connectivity index (χ2n) is 4.05. The Morgan fingerprint density at radius 1 is 1.28 bits per heavy atom. The topological polar surface area (TPSA) is 48.7 Å². The quantitative estimate of drug-likeness (QED) is 0.836. The van der Waals surface area contributed by atoms with Crippen LogP contribution in [-0.2, 0) is 0 Å². The van der Waals surface area contributed by atoms with E-state index in [1.165, 1.54) is 0 Å². The van der Waals surface area contributed by atoms with Crippen molar-refractivity contribution in [3.8, 4) is 6.07 Å². The summed E-state index contributed by atoms with van der Waals surface area (Å²) >= 11 is 2.25. The van der Waals surface area contributed by atoms with Crippen LogP contribution in [0.5, 0.6) is 0 Å². The lowest BCUT2D eigenvalue weighted by Crippen LogP contribution is -2.00. The van der Waals surface area contributed by atoms with E-state index in [0.717, 1.165) is 20.5 Å². The number of nitrogens with one attached hydrogen (secondary N) is 1.